The van der Waals surface area contributed by atoms with E-state index in [1.807, 2.05) is 45.2 Å². The highest BCUT2D eigenvalue weighted by Gasteiger charge is 2.20. The van der Waals surface area contributed by atoms with Gasteiger partial charge >= 0.3 is 6.09 Å². The second kappa shape index (κ2) is 9.94. The number of likely N-dealkylation sites (tertiary alicyclic amines) is 1. The fourth-order valence-electron chi connectivity index (χ4n) is 3.62. The molecule has 2 heterocycles. The zero-order valence-electron chi connectivity index (χ0n) is 18.6. The van der Waals surface area contributed by atoms with Crippen LogP contribution < -0.4 is 10.6 Å². The number of aryl methyl sites for hydroxylation is 1. The van der Waals surface area contributed by atoms with Crippen LogP contribution in [0.1, 0.15) is 44.7 Å². The number of piperidine rings is 1. The third-order valence-corrected chi connectivity index (χ3v) is 5.20. The molecule has 162 valence electrons. The Bertz CT molecular complexity index is 822. The number of anilines is 2. The second-order valence-electron chi connectivity index (χ2n) is 9.02. The number of nitrogens with one attached hydrogen (secondary N) is 2. The van der Waals surface area contributed by atoms with Crippen molar-refractivity contribution in [1.82, 2.24) is 9.88 Å². The zero-order chi connectivity index (χ0) is 21.6. The van der Waals surface area contributed by atoms with E-state index < -0.39 is 11.7 Å². The van der Waals surface area contributed by atoms with Crippen molar-refractivity contribution < 1.29 is 9.53 Å². The minimum atomic E-state index is -0.508. The number of aromatic nitrogens is 1. The van der Waals surface area contributed by atoms with E-state index in [1.165, 1.54) is 5.56 Å². The molecule has 1 saturated heterocycles. The average molecular weight is 411 g/mol. The molecule has 6 nitrogen and oxygen atoms in total. The number of amides is 1. The van der Waals surface area contributed by atoms with Gasteiger partial charge in [-0.25, -0.2) is 9.78 Å². The van der Waals surface area contributed by atoms with Gasteiger partial charge < -0.3 is 15.0 Å². The molecule has 0 bridgehead atoms. The lowest BCUT2D eigenvalue weighted by Gasteiger charge is -2.32. The molecule has 0 aliphatic carbocycles. The Kier molecular flexibility index (Phi) is 7.32. The van der Waals surface area contributed by atoms with Crippen LogP contribution in [0.15, 0.2) is 42.6 Å². The minimum Gasteiger partial charge on any atom is -0.444 e. The summed E-state index contributed by atoms with van der Waals surface area (Å²) in [4.78, 5) is 19.1. The number of pyridine rings is 1. The van der Waals surface area contributed by atoms with Crippen LogP contribution >= 0.6 is 0 Å². The SMILES string of the molecule is Cc1ccc(NC2CCN(CCc3ccccc3NC(=O)OC(C)(C)C)CC2)nc1. The molecule has 0 radical (unpaired) electrons. The number of hydrogen-bond donors (Lipinski definition) is 2. The average Bonchev–Trinajstić information content (AvgIpc) is 2.69. The zero-order valence-corrected chi connectivity index (χ0v) is 18.6. The first-order chi connectivity index (χ1) is 14.3. The van der Waals surface area contributed by atoms with Crippen molar-refractivity contribution in [2.45, 2.75) is 58.6 Å². The molecule has 0 unspecified atom stereocenters. The highest BCUT2D eigenvalue weighted by atomic mass is 16.6. The van der Waals surface area contributed by atoms with Gasteiger partial charge in [0.25, 0.3) is 0 Å². The smallest absolute Gasteiger partial charge is 0.412 e. The van der Waals surface area contributed by atoms with E-state index in [-0.39, 0.29) is 0 Å². The molecule has 0 spiro atoms. The maximum atomic E-state index is 12.1. The van der Waals surface area contributed by atoms with Gasteiger partial charge in [-0.1, -0.05) is 24.3 Å². The van der Waals surface area contributed by atoms with Crippen LogP contribution in [0.4, 0.5) is 16.3 Å². The van der Waals surface area contributed by atoms with Crippen molar-refractivity contribution in [3.8, 4) is 0 Å². The van der Waals surface area contributed by atoms with E-state index >= 15 is 0 Å². The summed E-state index contributed by atoms with van der Waals surface area (Å²) in [6.45, 7) is 10.7. The number of ether oxygens (including phenoxy) is 1. The largest absolute Gasteiger partial charge is 0.444 e. The van der Waals surface area contributed by atoms with Crippen LogP contribution in [0.3, 0.4) is 0 Å². The van der Waals surface area contributed by atoms with Crippen LogP contribution in [0, 0.1) is 6.92 Å². The minimum absolute atomic E-state index is 0.411. The molecule has 1 aromatic carbocycles. The van der Waals surface area contributed by atoms with E-state index in [4.69, 9.17) is 4.74 Å². The molecular weight excluding hydrogens is 376 g/mol. The van der Waals surface area contributed by atoms with Crippen LogP contribution in [0.25, 0.3) is 0 Å². The lowest BCUT2D eigenvalue weighted by Crippen LogP contribution is -2.40. The predicted molar refractivity (Wildman–Crippen MR) is 122 cm³/mol. The molecule has 0 saturated carbocycles. The molecule has 0 atom stereocenters. The number of para-hydroxylation sites is 1. The first kappa shape index (κ1) is 22.1. The summed E-state index contributed by atoms with van der Waals surface area (Å²) in [5.41, 5.74) is 2.63. The van der Waals surface area contributed by atoms with Crippen molar-refractivity contribution >= 4 is 17.6 Å². The summed E-state index contributed by atoms with van der Waals surface area (Å²) in [6, 6.07) is 12.6. The van der Waals surface area contributed by atoms with Crippen molar-refractivity contribution in [3.05, 3.63) is 53.7 Å². The maximum absolute atomic E-state index is 12.1. The lowest BCUT2D eigenvalue weighted by molar-refractivity contribution is 0.0635. The number of carbonyl (C=O) groups excluding carboxylic acids is 1. The summed E-state index contributed by atoms with van der Waals surface area (Å²) >= 11 is 0. The van der Waals surface area contributed by atoms with Crippen molar-refractivity contribution in [2.75, 3.05) is 30.3 Å². The first-order valence-corrected chi connectivity index (χ1v) is 10.8. The summed E-state index contributed by atoms with van der Waals surface area (Å²) < 4.78 is 5.39. The summed E-state index contributed by atoms with van der Waals surface area (Å²) in [5.74, 6) is 0.959. The molecule has 2 N–H and O–H groups in total. The molecular formula is C24H34N4O2. The molecule has 30 heavy (non-hydrogen) atoms. The van der Waals surface area contributed by atoms with Crippen LogP contribution in [0.2, 0.25) is 0 Å². The van der Waals surface area contributed by atoms with Crippen LogP contribution in [0.5, 0.6) is 0 Å². The highest BCUT2D eigenvalue weighted by molar-refractivity contribution is 5.85. The Labute approximate surface area is 180 Å². The molecule has 1 aromatic heterocycles. The van der Waals surface area contributed by atoms with E-state index in [0.29, 0.717) is 6.04 Å². The van der Waals surface area contributed by atoms with E-state index in [9.17, 15) is 4.79 Å². The Hall–Kier alpha value is -2.60. The topological polar surface area (TPSA) is 66.5 Å². The van der Waals surface area contributed by atoms with Crippen LogP contribution in [-0.4, -0.2) is 47.3 Å². The molecule has 1 amide bonds. The van der Waals surface area contributed by atoms with Crippen molar-refractivity contribution in [3.63, 3.8) is 0 Å². The van der Waals surface area contributed by atoms with Gasteiger partial charge in [-0.3, -0.25) is 5.32 Å². The summed E-state index contributed by atoms with van der Waals surface area (Å²) in [7, 11) is 0. The van der Waals surface area contributed by atoms with Gasteiger partial charge in [0.05, 0.1) is 0 Å². The van der Waals surface area contributed by atoms with Gasteiger partial charge in [0.1, 0.15) is 11.4 Å². The summed E-state index contributed by atoms with van der Waals surface area (Å²) in [5, 5.41) is 6.45. The predicted octanol–water partition coefficient (Wildman–Crippen LogP) is 4.86. The van der Waals surface area contributed by atoms with Crippen molar-refractivity contribution in [2.24, 2.45) is 0 Å². The van der Waals surface area contributed by atoms with Gasteiger partial charge in [0.15, 0.2) is 0 Å². The van der Waals surface area contributed by atoms with E-state index in [0.717, 1.165) is 56.0 Å². The Morgan fingerprint density at radius 2 is 1.90 bits per heavy atom. The van der Waals surface area contributed by atoms with Gasteiger partial charge in [-0.2, -0.15) is 0 Å². The molecule has 6 heteroatoms. The molecule has 1 fully saturated rings. The van der Waals surface area contributed by atoms with Crippen molar-refractivity contribution in [1.29, 1.82) is 0 Å². The normalized spacial score (nSPS) is 15.6. The quantitative estimate of drug-likeness (QED) is 0.712. The van der Waals surface area contributed by atoms with Gasteiger partial charge in [-0.15, -0.1) is 0 Å². The van der Waals surface area contributed by atoms with Gasteiger partial charge in [-0.05, 0) is 70.2 Å². The maximum Gasteiger partial charge on any atom is 0.412 e. The Morgan fingerprint density at radius 3 is 2.57 bits per heavy atom. The summed E-state index contributed by atoms with van der Waals surface area (Å²) in [6.07, 6.45) is 4.59. The highest BCUT2D eigenvalue weighted by Crippen LogP contribution is 2.20. The Balaban J connectivity index is 1.46. The lowest BCUT2D eigenvalue weighted by atomic mass is 10.0. The molecule has 1 aliphatic rings. The van der Waals surface area contributed by atoms with E-state index in [2.05, 4.69) is 45.6 Å². The fourth-order valence-corrected chi connectivity index (χ4v) is 3.62. The van der Waals surface area contributed by atoms with Crippen LogP contribution in [-0.2, 0) is 11.2 Å². The number of nitrogens with zero attached hydrogens (tertiary/aromatic N) is 2. The second-order valence-corrected chi connectivity index (χ2v) is 9.02. The molecule has 2 aromatic rings. The Morgan fingerprint density at radius 1 is 1.17 bits per heavy atom. The standard InChI is InChI=1S/C24H34N4O2/c1-18-9-10-22(25-17-18)26-20-12-15-28(16-13-20)14-11-19-7-5-6-8-21(19)27-23(29)30-24(2,3)4/h5-10,17,20H,11-16H2,1-4H3,(H,25,26)(H,27,29). The fraction of sp³-hybridized carbons (Fsp3) is 0.500. The number of rotatable bonds is 6. The third kappa shape index (κ3) is 7.02. The van der Waals surface area contributed by atoms with E-state index in [1.54, 1.807) is 0 Å². The molecule has 3 rings (SSSR count). The molecule has 1 aliphatic heterocycles. The third-order valence-electron chi connectivity index (χ3n) is 5.20. The number of hydrogen-bond acceptors (Lipinski definition) is 5. The van der Waals surface area contributed by atoms with Gasteiger partial charge in [0.2, 0.25) is 0 Å². The number of benzene rings is 1. The van der Waals surface area contributed by atoms with Gasteiger partial charge in [0, 0.05) is 37.6 Å². The number of carbonyl (C=O) groups is 1. The first-order valence-electron chi connectivity index (χ1n) is 10.8. The monoisotopic (exact) mass is 410 g/mol.